The monoisotopic (exact) mass is 1460 g/mol. The van der Waals surface area contributed by atoms with Gasteiger partial charge in [0.2, 0.25) is 0 Å². The van der Waals surface area contributed by atoms with Crippen molar-refractivity contribution in [2.75, 3.05) is 0 Å². The van der Waals surface area contributed by atoms with Crippen molar-refractivity contribution in [2.24, 2.45) is 0 Å². The second-order valence-electron chi connectivity index (χ2n) is 29.3. The minimum atomic E-state index is 0.553. The Kier molecular flexibility index (Phi) is 13.8. The van der Waals surface area contributed by atoms with Gasteiger partial charge in [0.1, 0.15) is 16.7 Å². The van der Waals surface area contributed by atoms with E-state index in [1.807, 2.05) is 91.0 Å². The van der Waals surface area contributed by atoms with Crippen LogP contribution in [0.25, 0.3) is 233 Å². The molecule has 0 aliphatic rings. The van der Waals surface area contributed by atoms with Crippen LogP contribution in [0.2, 0.25) is 0 Å². The Morgan fingerprint density at radius 2 is 0.570 bits per heavy atom. The lowest BCUT2D eigenvalue weighted by molar-refractivity contribution is 0.669. The average molecular weight is 1460 g/mol. The molecule has 0 amide bonds. The number of fused-ring (bicyclic) bond motifs is 20. The summed E-state index contributed by atoms with van der Waals surface area (Å²) < 4.78 is 23.3. The van der Waals surface area contributed by atoms with Gasteiger partial charge in [0, 0.05) is 115 Å². The molecule has 24 aromatic rings. The first-order chi connectivity index (χ1) is 56.5. The second kappa shape index (κ2) is 24.9. The molecule has 12 nitrogen and oxygen atoms in total. The summed E-state index contributed by atoms with van der Waals surface area (Å²) in [4.78, 5) is 31.4. The van der Waals surface area contributed by atoms with Gasteiger partial charge in [-0.15, -0.1) is 0 Å². The van der Waals surface area contributed by atoms with Crippen LogP contribution in [0.1, 0.15) is 0 Å². The molecule has 24 rings (SSSR count). The molecule has 114 heavy (non-hydrogen) atoms. The molecule has 12 heteroatoms. The molecule has 16 aromatic carbocycles. The van der Waals surface area contributed by atoms with Crippen LogP contribution in [0.3, 0.4) is 0 Å². The van der Waals surface area contributed by atoms with Crippen LogP contribution in [-0.2, 0) is 0 Å². The molecular formula is C102H60N10O2. The highest BCUT2D eigenvalue weighted by atomic mass is 16.3. The predicted molar refractivity (Wildman–Crippen MR) is 463 cm³/mol. The summed E-state index contributed by atoms with van der Waals surface area (Å²) in [6.45, 7) is 0. The Bertz CT molecular complexity index is 8010. The van der Waals surface area contributed by atoms with Gasteiger partial charge < -0.3 is 27.1 Å². The summed E-state index contributed by atoms with van der Waals surface area (Å²) in [6.07, 6.45) is 0. The number of hydrogen-bond donors (Lipinski definition) is 0. The number of benzene rings is 16. The highest BCUT2D eigenvalue weighted by Gasteiger charge is 2.27. The smallest absolute Gasteiger partial charge is 0.164 e. The van der Waals surface area contributed by atoms with Crippen LogP contribution in [0.4, 0.5) is 0 Å². The van der Waals surface area contributed by atoms with E-state index in [2.05, 4.69) is 291 Å². The fourth-order valence-corrected chi connectivity index (χ4v) is 17.7. The number of furan rings is 2. The number of hydrogen-bond acceptors (Lipinski definition) is 8. The number of nitrogens with zero attached hydrogens (tertiary/aromatic N) is 10. The lowest BCUT2D eigenvalue weighted by Gasteiger charge is -2.12. The summed E-state index contributed by atoms with van der Waals surface area (Å²) in [5.41, 5.74) is 23.3. The van der Waals surface area contributed by atoms with E-state index in [4.69, 9.17) is 38.7 Å². The number of para-hydroxylation sites is 5. The molecule has 0 radical (unpaired) electrons. The molecule has 0 bridgehead atoms. The minimum absolute atomic E-state index is 0.553. The lowest BCUT2D eigenvalue weighted by Crippen LogP contribution is -2.01. The van der Waals surface area contributed by atoms with Crippen molar-refractivity contribution in [1.29, 1.82) is 0 Å². The van der Waals surface area contributed by atoms with Crippen LogP contribution < -0.4 is 0 Å². The zero-order valence-corrected chi connectivity index (χ0v) is 60.9. The first kappa shape index (κ1) is 63.3. The summed E-state index contributed by atoms with van der Waals surface area (Å²) in [7, 11) is 0. The third kappa shape index (κ3) is 9.77. The molecule has 0 spiro atoms. The van der Waals surface area contributed by atoms with Gasteiger partial charge in [0.05, 0.1) is 49.5 Å². The summed E-state index contributed by atoms with van der Waals surface area (Å²) >= 11 is 0. The maximum absolute atomic E-state index is 6.94. The molecule has 0 fully saturated rings. The Labute approximate surface area is 650 Å². The Morgan fingerprint density at radius 1 is 0.184 bits per heavy atom. The second-order valence-corrected chi connectivity index (χ2v) is 29.3. The van der Waals surface area contributed by atoms with Crippen LogP contribution in [-0.4, -0.2) is 48.2 Å². The standard InChI is InChI=1S/C102H60N10O2/c1-6-24-61(25-7-1)97-103-98(62-26-8-2-9-27-62)105-100(104-97)64-44-48-70(49-45-64)111-86-60-88-82(58-81(86)75-54-55-91-93(94(75)111)78-38-18-21-43-90(78)113-91)92-72(39-23-41-84(92)110(88)69-34-14-5-15-35-69)66-30-22-31-67(56-66)102-107-99(63-28-10-3-11-29-63)106-101(108-102)65-46-50-71(51-47-65)112-87-59-85-79(73-36-16-19-40-83(73)109(85)68-32-12-4-13-33-68)57-80(87)76-52-53-77-74-37-17-20-42-89(74)114-96(77)95(76)112/h1-60H. The van der Waals surface area contributed by atoms with Gasteiger partial charge in [0.15, 0.2) is 40.5 Å². The van der Waals surface area contributed by atoms with Crippen molar-refractivity contribution in [3.05, 3.63) is 364 Å². The van der Waals surface area contributed by atoms with Gasteiger partial charge in [-0.05, 0) is 157 Å². The van der Waals surface area contributed by atoms with E-state index >= 15 is 0 Å². The van der Waals surface area contributed by atoms with E-state index < -0.39 is 0 Å². The van der Waals surface area contributed by atoms with Gasteiger partial charge in [-0.3, -0.25) is 0 Å². The van der Waals surface area contributed by atoms with Crippen molar-refractivity contribution in [2.45, 2.75) is 0 Å². The quantitative estimate of drug-likeness (QED) is 0.125. The van der Waals surface area contributed by atoms with Gasteiger partial charge >= 0.3 is 0 Å². The normalized spacial score (nSPS) is 12.0. The summed E-state index contributed by atoms with van der Waals surface area (Å²) in [6, 6.07) is 128. The Balaban J connectivity index is 0.666. The number of aromatic nitrogens is 10. The van der Waals surface area contributed by atoms with E-state index in [1.54, 1.807) is 0 Å². The Hall–Kier alpha value is -15.7. The van der Waals surface area contributed by atoms with E-state index in [0.29, 0.717) is 34.9 Å². The fourth-order valence-electron chi connectivity index (χ4n) is 17.7. The highest BCUT2D eigenvalue weighted by Crippen LogP contribution is 2.49. The predicted octanol–water partition coefficient (Wildman–Crippen LogP) is 25.9. The van der Waals surface area contributed by atoms with Crippen molar-refractivity contribution < 1.29 is 8.83 Å². The maximum Gasteiger partial charge on any atom is 0.164 e. The van der Waals surface area contributed by atoms with E-state index in [1.165, 1.54) is 10.8 Å². The molecule has 530 valence electrons. The minimum Gasteiger partial charge on any atom is -0.456 e. The van der Waals surface area contributed by atoms with E-state index in [9.17, 15) is 0 Å². The highest BCUT2D eigenvalue weighted by molar-refractivity contribution is 6.29. The van der Waals surface area contributed by atoms with Crippen molar-refractivity contribution in [3.8, 4) is 102 Å². The summed E-state index contributed by atoms with van der Waals surface area (Å²) in [5, 5.41) is 13.3. The van der Waals surface area contributed by atoms with Gasteiger partial charge in [0.25, 0.3) is 0 Å². The first-order valence-corrected chi connectivity index (χ1v) is 38.3. The van der Waals surface area contributed by atoms with E-state index in [-0.39, 0.29) is 0 Å². The SMILES string of the molecule is c1ccc(-c2nc(-c3ccccc3)nc(-c3ccc(-n4c5cc6c(cc5c5ccc7oc8ccccc8c7c54)c4c(-c5cccc(-c7nc(-c8ccccc8)nc(-c8ccc(-n9c%10cc%11c(cc%10c%10ccc%12c%13ccccc%13oc%12c%109)c9ccccc9n%11-c9ccccc9)cc8)n7)c5)cccc4n6-c4ccccc4)cc3)n2)cc1. The van der Waals surface area contributed by atoms with Crippen molar-refractivity contribution in [3.63, 3.8) is 0 Å². The third-order valence-electron chi connectivity index (χ3n) is 22.8. The zero-order chi connectivity index (χ0) is 74.6. The van der Waals surface area contributed by atoms with Gasteiger partial charge in [-0.25, -0.2) is 29.9 Å². The molecule has 0 aliphatic heterocycles. The van der Waals surface area contributed by atoms with Gasteiger partial charge in [-0.1, -0.05) is 218 Å². The summed E-state index contributed by atoms with van der Waals surface area (Å²) in [5.74, 6) is 3.48. The van der Waals surface area contributed by atoms with E-state index in [0.717, 1.165) is 188 Å². The molecular weight excluding hydrogens is 1400 g/mol. The van der Waals surface area contributed by atoms with Crippen LogP contribution >= 0.6 is 0 Å². The molecule has 8 heterocycles. The fraction of sp³-hybridized carbons (Fsp3) is 0. The van der Waals surface area contributed by atoms with Crippen molar-refractivity contribution >= 4 is 131 Å². The van der Waals surface area contributed by atoms with Crippen LogP contribution in [0, 0.1) is 0 Å². The topological polar surface area (TPSA) is 123 Å². The average Bonchev–Trinajstić information content (AvgIpc) is 1.54. The molecule has 0 atom stereocenters. The van der Waals surface area contributed by atoms with Gasteiger partial charge in [-0.2, -0.15) is 0 Å². The van der Waals surface area contributed by atoms with Crippen LogP contribution in [0.5, 0.6) is 0 Å². The van der Waals surface area contributed by atoms with Crippen molar-refractivity contribution in [1.82, 2.24) is 48.2 Å². The molecule has 0 unspecified atom stereocenters. The first-order valence-electron chi connectivity index (χ1n) is 38.3. The largest absolute Gasteiger partial charge is 0.456 e. The zero-order valence-electron chi connectivity index (χ0n) is 60.9. The Morgan fingerprint density at radius 3 is 1.16 bits per heavy atom. The maximum atomic E-state index is 6.94. The molecule has 8 aromatic heterocycles. The molecule has 0 N–H and O–H groups in total. The lowest BCUT2D eigenvalue weighted by atomic mass is 9.97. The molecule has 0 aliphatic carbocycles. The number of rotatable bonds is 11. The molecule has 0 saturated carbocycles. The third-order valence-corrected chi connectivity index (χ3v) is 22.8. The van der Waals surface area contributed by atoms with Crippen LogP contribution in [0.15, 0.2) is 373 Å². The molecule has 0 saturated heterocycles.